The molecule has 1 N–H and O–H groups in total. The van der Waals surface area contributed by atoms with Gasteiger partial charge in [-0.15, -0.1) is 0 Å². The van der Waals surface area contributed by atoms with Crippen molar-refractivity contribution in [2.45, 2.75) is 44.9 Å². The third-order valence-electron chi connectivity index (χ3n) is 6.85. The molecule has 4 bridgehead atoms. The predicted molar refractivity (Wildman–Crippen MR) is 96.6 cm³/mol. The third-order valence-corrected chi connectivity index (χ3v) is 6.85. The molecule has 5 fully saturated rings. The van der Waals surface area contributed by atoms with Crippen LogP contribution in [0.15, 0.2) is 0 Å². The highest BCUT2D eigenvalue weighted by Gasteiger charge is 2.51. The molecular formula is C20H30N2O5. The second kappa shape index (κ2) is 7.78. The molecule has 4 saturated carbocycles. The number of nitrogens with zero attached hydrogens (tertiary/aromatic N) is 1. The van der Waals surface area contributed by atoms with Crippen LogP contribution >= 0.6 is 0 Å². The molecular weight excluding hydrogens is 348 g/mol. The standard InChI is InChI=1S/C20H30N2O5/c23-17(11-20-8-14-5-15(9-20)7-16(6-14)10-20)21-12-19(25)27-13-18(24)22-1-3-26-4-2-22/h14-16H,1-13H2,(H,21,23). The van der Waals surface area contributed by atoms with Crippen molar-refractivity contribution in [3.63, 3.8) is 0 Å². The zero-order chi connectivity index (χ0) is 18.9. The van der Waals surface area contributed by atoms with Gasteiger partial charge in [0, 0.05) is 19.5 Å². The Balaban J connectivity index is 1.17. The lowest BCUT2D eigenvalue weighted by Crippen LogP contribution is -2.48. The molecule has 1 heterocycles. The zero-order valence-electron chi connectivity index (χ0n) is 15.9. The maximum absolute atomic E-state index is 12.4. The fourth-order valence-electron chi connectivity index (χ4n) is 6.18. The number of rotatable bonds is 6. The lowest BCUT2D eigenvalue weighted by atomic mass is 9.49. The molecule has 7 heteroatoms. The van der Waals surface area contributed by atoms with Crippen LogP contribution in [0.2, 0.25) is 0 Å². The van der Waals surface area contributed by atoms with E-state index in [1.54, 1.807) is 4.90 Å². The predicted octanol–water partition coefficient (Wildman–Crippen LogP) is 1.11. The van der Waals surface area contributed by atoms with Crippen LogP contribution in [-0.2, 0) is 23.9 Å². The number of morpholine rings is 1. The van der Waals surface area contributed by atoms with Crippen molar-refractivity contribution in [2.24, 2.45) is 23.2 Å². The SMILES string of the molecule is O=C(CC12CC3CC(CC(C3)C1)C2)NCC(=O)OCC(=O)N1CCOCC1. The number of carbonyl (C=O) groups is 3. The van der Waals surface area contributed by atoms with E-state index in [1.165, 1.54) is 38.5 Å². The van der Waals surface area contributed by atoms with E-state index in [9.17, 15) is 14.4 Å². The van der Waals surface area contributed by atoms with E-state index >= 15 is 0 Å². The van der Waals surface area contributed by atoms with Gasteiger partial charge in [-0.2, -0.15) is 0 Å². The molecule has 0 aromatic rings. The molecule has 150 valence electrons. The first-order valence-electron chi connectivity index (χ1n) is 10.3. The van der Waals surface area contributed by atoms with Crippen LogP contribution in [0.4, 0.5) is 0 Å². The molecule has 4 aliphatic carbocycles. The van der Waals surface area contributed by atoms with E-state index in [0.29, 0.717) is 32.7 Å². The van der Waals surface area contributed by atoms with E-state index in [2.05, 4.69) is 5.32 Å². The lowest BCUT2D eigenvalue weighted by Gasteiger charge is -2.56. The van der Waals surface area contributed by atoms with E-state index in [0.717, 1.165) is 17.8 Å². The van der Waals surface area contributed by atoms with Gasteiger partial charge in [0.25, 0.3) is 5.91 Å². The van der Waals surface area contributed by atoms with Crippen molar-refractivity contribution < 1.29 is 23.9 Å². The number of hydrogen-bond donors (Lipinski definition) is 1. The molecule has 1 aliphatic heterocycles. The smallest absolute Gasteiger partial charge is 0.325 e. The Labute approximate surface area is 160 Å². The summed E-state index contributed by atoms with van der Waals surface area (Å²) in [5.41, 5.74) is 0.162. The number of amides is 2. The van der Waals surface area contributed by atoms with Gasteiger partial charge in [0.1, 0.15) is 6.54 Å². The Hall–Kier alpha value is -1.63. The van der Waals surface area contributed by atoms with Gasteiger partial charge in [-0.05, 0) is 61.7 Å². The molecule has 2 amide bonds. The summed E-state index contributed by atoms with van der Waals surface area (Å²) in [6, 6.07) is 0. The molecule has 7 nitrogen and oxygen atoms in total. The highest BCUT2D eigenvalue weighted by Crippen LogP contribution is 2.61. The fraction of sp³-hybridized carbons (Fsp3) is 0.850. The minimum atomic E-state index is -0.560. The molecule has 0 atom stereocenters. The first kappa shape index (κ1) is 18.7. The van der Waals surface area contributed by atoms with Crippen molar-refractivity contribution in [3.05, 3.63) is 0 Å². The topological polar surface area (TPSA) is 84.9 Å². The molecule has 1 saturated heterocycles. The maximum atomic E-state index is 12.4. The Kier molecular flexibility index (Phi) is 5.39. The normalized spacial score (nSPS) is 34.4. The summed E-state index contributed by atoms with van der Waals surface area (Å²) in [6.45, 7) is 1.64. The van der Waals surface area contributed by atoms with Crippen molar-refractivity contribution in [2.75, 3.05) is 39.5 Å². The van der Waals surface area contributed by atoms with Crippen LogP contribution in [0, 0.1) is 23.2 Å². The third kappa shape index (κ3) is 4.45. The Morgan fingerprint density at radius 1 is 1.00 bits per heavy atom. The van der Waals surface area contributed by atoms with Crippen molar-refractivity contribution in [1.29, 1.82) is 0 Å². The molecule has 5 rings (SSSR count). The number of ether oxygens (including phenoxy) is 2. The summed E-state index contributed by atoms with van der Waals surface area (Å²) >= 11 is 0. The van der Waals surface area contributed by atoms with E-state index in [1.807, 2.05) is 0 Å². The van der Waals surface area contributed by atoms with Gasteiger partial charge in [0.15, 0.2) is 6.61 Å². The van der Waals surface area contributed by atoms with Gasteiger partial charge in [0.05, 0.1) is 13.2 Å². The summed E-state index contributed by atoms with van der Waals surface area (Å²) in [7, 11) is 0. The van der Waals surface area contributed by atoms with Crippen molar-refractivity contribution >= 4 is 17.8 Å². The van der Waals surface area contributed by atoms with Crippen molar-refractivity contribution in [1.82, 2.24) is 10.2 Å². The Morgan fingerprint density at radius 3 is 2.19 bits per heavy atom. The first-order chi connectivity index (χ1) is 13.0. The van der Waals surface area contributed by atoms with E-state index in [4.69, 9.17) is 9.47 Å². The van der Waals surface area contributed by atoms with E-state index < -0.39 is 5.97 Å². The largest absolute Gasteiger partial charge is 0.454 e. The second-order valence-electron chi connectivity index (χ2n) is 9.02. The number of carbonyl (C=O) groups excluding carboxylic acids is 3. The zero-order valence-corrected chi connectivity index (χ0v) is 15.9. The summed E-state index contributed by atoms with van der Waals surface area (Å²) in [5, 5.41) is 2.70. The first-order valence-corrected chi connectivity index (χ1v) is 10.3. The molecule has 5 aliphatic rings. The lowest BCUT2D eigenvalue weighted by molar-refractivity contribution is -0.153. The number of esters is 1. The average Bonchev–Trinajstić information content (AvgIpc) is 2.63. The highest BCUT2D eigenvalue weighted by atomic mass is 16.5. The summed E-state index contributed by atoms with van der Waals surface area (Å²) in [5.74, 6) is 1.58. The summed E-state index contributed by atoms with van der Waals surface area (Å²) in [6.07, 6.45) is 8.09. The van der Waals surface area contributed by atoms with Crippen LogP contribution in [-0.4, -0.2) is 62.1 Å². The molecule has 0 radical (unpaired) electrons. The molecule has 27 heavy (non-hydrogen) atoms. The van der Waals surface area contributed by atoms with Crippen LogP contribution in [0.25, 0.3) is 0 Å². The Bertz CT molecular complexity index is 564. The quantitative estimate of drug-likeness (QED) is 0.700. The van der Waals surface area contributed by atoms with Gasteiger partial charge >= 0.3 is 5.97 Å². The number of nitrogens with one attached hydrogen (secondary N) is 1. The van der Waals surface area contributed by atoms with Crippen molar-refractivity contribution in [3.8, 4) is 0 Å². The van der Waals surface area contributed by atoms with Crippen LogP contribution in [0.3, 0.4) is 0 Å². The van der Waals surface area contributed by atoms with Gasteiger partial charge in [0.2, 0.25) is 5.91 Å². The molecule has 0 aromatic heterocycles. The maximum Gasteiger partial charge on any atom is 0.325 e. The minimum Gasteiger partial charge on any atom is -0.454 e. The molecule has 0 aromatic carbocycles. The van der Waals surface area contributed by atoms with Crippen LogP contribution in [0.5, 0.6) is 0 Å². The average molecular weight is 378 g/mol. The number of hydrogen-bond acceptors (Lipinski definition) is 5. The fourth-order valence-corrected chi connectivity index (χ4v) is 6.18. The summed E-state index contributed by atoms with van der Waals surface area (Å²) < 4.78 is 10.2. The monoisotopic (exact) mass is 378 g/mol. The Morgan fingerprint density at radius 2 is 1.59 bits per heavy atom. The molecule has 0 unspecified atom stereocenters. The molecule has 0 spiro atoms. The van der Waals surface area contributed by atoms with Gasteiger partial charge in [-0.1, -0.05) is 0 Å². The van der Waals surface area contributed by atoms with Gasteiger partial charge in [-0.25, -0.2) is 0 Å². The highest BCUT2D eigenvalue weighted by molar-refractivity contribution is 5.84. The van der Waals surface area contributed by atoms with Crippen LogP contribution in [0.1, 0.15) is 44.9 Å². The summed E-state index contributed by atoms with van der Waals surface area (Å²) in [4.78, 5) is 37.9. The van der Waals surface area contributed by atoms with Gasteiger partial charge < -0.3 is 19.7 Å². The van der Waals surface area contributed by atoms with Crippen LogP contribution < -0.4 is 5.32 Å². The van der Waals surface area contributed by atoms with E-state index in [-0.39, 0.29) is 30.4 Å². The minimum absolute atomic E-state index is 0.0617. The van der Waals surface area contributed by atoms with Gasteiger partial charge in [-0.3, -0.25) is 14.4 Å². The second-order valence-corrected chi connectivity index (χ2v) is 9.02.